The standard InChI is InChI=1S/C19H22O2/c1-2-18(20)9-6-14-21-19-12-10-17(11-13-19)15-16-7-4-3-5-8-16/h3-5,7-8,10-13H,2,6,9,14-15H2,1H3. The predicted molar refractivity (Wildman–Crippen MR) is 85.7 cm³/mol. The molecular weight excluding hydrogens is 260 g/mol. The highest BCUT2D eigenvalue weighted by atomic mass is 16.5. The van der Waals surface area contributed by atoms with Crippen molar-refractivity contribution in [2.45, 2.75) is 32.6 Å². The Morgan fingerprint density at radius 1 is 0.952 bits per heavy atom. The third-order valence-corrected chi connectivity index (χ3v) is 3.44. The fourth-order valence-electron chi connectivity index (χ4n) is 2.17. The third-order valence-electron chi connectivity index (χ3n) is 3.44. The van der Waals surface area contributed by atoms with Gasteiger partial charge < -0.3 is 4.74 Å². The van der Waals surface area contributed by atoms with Crippen molar-refractivity contribution in [2.75, 3.05) is 6.61 Å². The minimum atomic E-state index is 0.303. The van der Waals surface area contributed by atoms with Gasteiger partial charge in [-0.2, -0.15) is 0 Å². The third kappa shape index (κ3) is 5.42. The van der Waals surface area contributed by atoms with Crippen LogP contribution in [0.15, 0.2) is 54.6 Å². The molecule has 0 aliphatic rings. The van der Waals surface area contributed by atoms with Crippen molar-refractivity contribution in [2.24, 2.45) is 0 Å². The van der Waals surface area contributed by atoms with Crippen molar-refractivity contribution in [3.8, 4) is 5.75 Å². The van der Waals surface area contributed by atoms with E-state index in [1.54, 1.807) is 0 Å². The smallest absolute Gasteiger partial charge is 0.132 e. The van der Waals surface area contributed by atoms with Crippen LogP contribution in [0.4, 0.5) is 0 Å². The average molecular weight is 282 g/mol. The van der Waals surface area contributed by atoms with Crippen LogP contribution < -0.4 is 4.74 Å². The molecule has 0 aliphatic carbocycles. The molecule has 2 heteroatoms. The van der Waals surface area contributed by atoms with Gasteiger partial charge in [0.25, 0.3) is 0 Å². The number of carbonyl (C=O) groups excluding carboxylic acids is 1. The summed E-state index contributed by atoms with van der Waals surface area (Å²) in [6, 6.07) is 18.6. The first-order valence-electron chi connectivity index (χ1n) is 7.55. The molecule has 0 N–H and O–H groups in total. The molecule has 2 rings (SSSR count). The van der Waals surface area contributed by atoms with Gasteiger partial charge in [0.05, 0.1) is 6.61 Å². The second kappa shape index (κ2) is 8.25. The van der Waals surface area contributed by atoms with Gasteiger partial charge in [-0.1, -0.05) is 49.4 Å². The quantitative estimate of drug-likeness (QED) is 0.670. The highest BCUT2D eigenvalue weighted by molar-refractivity contribution is 5.77. The maximum Gasteiger partial charge on any atom is 0.132 e. The molecule has 0 saturated heterocycles. The van der Waals surface area contributed by atoms with Crippen LogP contribution in [-0.2, 0) is 11.2 Å². The van der Waals surface area contributed by atoms with Gasteiger partial charge in [-0.15, -0.1) is 0 Å². The van der Waals surface area contributed by atoms with E-state index in [1.807, 2.05) is 25.1 Å². The van der Waals surface area contributed by atoms with Crippen LogP contribution in [0.5, 0.6) is 5.75 Å². The molecule has 2 nitrogen and oxygen atoms in total. The van der Waals surface area contributed by atoms with Gasteiger partial charge >= 0.3 is 0 Å². The molecule has 110 valence electrons. The lowest BCUT2D eigenvalue weighted by Gasteiger charge is -2.07. The van der Waals surface area contributed by atoms with Gasteiger partial charge in [-0.3, -0.25) is 4.79 Å². The molecular formula is C19H22O2. The first-order chi connectivity index (χ1) is 10.3. The van der Waals surface area contributed by atoms with Crippen LogP contribution in [0.2, 0.25) is 0 Å². The second-order valence-electron chi connectivity index (χ2n) is 5.15. The highest BCUT2D eigenvalue weighted by Gasteiger charge is 2.00. The van der Waals surface area contributed by atoms with E-state index >= 15 is 0 Å². The Bertz CT molecular complexity index is 544. The lowest BCUT2D eigenvalue weighted by atomic mass is 10.1. The lowest BCUT2D eigenvalue weighted by Crippen LogP contribution is -2.02. The van der Waals surface area contributed by atoms with Crippen LogP contribution in [0.1, 0.15) is 37.3 Å². The Hall–Kier alpha value is -2.09. The molecule has 0 heterocycles. The number of carbonyl (C=O) groups is 1. The normalized spacial score (nSPS) is 10.3. The maximum absolute atomic E-state index is 11.2. The van der Waals surface area contributed by atoms with Crippen molar-refractivity contribution >= 4 is 5.78 Å². The van der Waals surface area contributed by atoms with E-state index in [-0.39, 0.29) is 0 Å². The molecule has 0 saturated carbocycles. The van der Waals surface area contributed by atoms with E-state index in [1.165, 1.54) is 11.1 Å². The molecule has 0 radical (unpaired) electrons. The second-order valence-corrected chi connectivity index (χ2v) is 5.15. The van der Waals surface area contributed by atoms with Crippen LogP contribution >= 0.6 is 0 Å². The fraction of sp³-hybridized carbons (Fsp3) is 0.316. The number of hydrogen-bond acceptors (Lipinski definition) is 2. The zero-order valence-corrected chi connectivity index (χ0v) is 12.5. The van der Waals surface area contributed by atoms with E-state index in [9.17, 15) is 4.79 Å². The van der Waals surface area contributed by atoms with E-state index in [0.717, 1.165) is 18.6 Å². The molecule has 0 bridgehead atoms. The molecule has 2 aromatic rings. The van der Waals surface area contributed by atoms with Gasteiger partial charge in [-0.25, -0.2) is 0 Å². The lowest BCUT2D eigenvalue weighted by molar-refractivity contribution is -0.118. The number of ether oxygens (including phenoxy) is 1. The van der Waals surface area contributed by atoms with Crippen LogP contribution in [-0.4, -0.2) is 12.4 Å². The number of benzene rings is 2. The molecule has 0 unspecified atom stereocenters. The Balaban J connectivity index is 1.78. The summed E-state index contributed by atoms with van der Waals surface area (Å²) in [7, 11) is 0. The van der Waals surface area contributed by atoms with Gasteiger partial charge in [0.2, 0.25) is 0 Å². The molecule has 0 fully saturated rings. The summed E-state index contributed by atoms with van der Waals surface area (Å²) in [6.45, 7) is 2.50. The van der Waals surface area contributed by atoms with Crippen LogP contribution in [0, 0.1) is 0 Å². The Morgan fingerprint density at radius 2 is 1.62 bits per heavy atom. The summed E-state index contributed by atoms with van der Waals surface area (Å²) in [4.78, 5) is 11.2. The molecule has 0 aliphatic heterocycles. The van der Waals surface area contributed by atoms with E-state index < -0.39 is 0 Å². The monoisotopic (exact) mass is 282 g/mol. The van der Waals surface area contributed by atoms with Gasteiger partial charge in [0.1, 0.15) is 11.5 Å². The first kappa shape index (κ1) is 15.3. The topological polar surface area (TPSA) is 26.3 Å². The summed E-state index contributed by atoms with van der Waals surface area (Å²) in [5.41, 5.74) is 2.58. The van der Waals surface area contributed by atoms with Crippen LogP contribution in [0.25, 0.3) is 0 Å². The Morgan fingerprint density at radius 3 is 2.29 bits per heavy atom. The molecule has 0 aromatic heterocycles. The van der Waals surface area contributed by atoms with E-state index in [0.29, 0.717) is 25.2 Å². The zero-order valence-electron chi connectivity index (χ0n) is 12.5. The first-order valence-corrected chi connectivity index (χ1v) is 7.55. The fourth-order valence-corrected chi connectivity index (χ4v) is 2.17. The van der Waals surface area contributed by atoms with Crippen molar-refractivity contribution in [1.82, 2.24) is 0 Å². The summed E-state index contributed by atoms with van der Waals surface area (Å²) in [6.07, 6.45) is 2.96. The molecule has 2 aromatic carbocycles. The van der Waals surface area contributed by atoms with Crippen molar-refractivity contribution in [1.29, 1.82) is 0 Å². The van der Waals surface area contributed by atoms with E-state index in [4.69, 9.17) is 4.74 Å². The van der Waals surface area contributed by atoms with Gasteiger partial charge in [0, 0.05) is 12.8 Å². The van der Waals surface area contributed by atoms with Crippen molar-refractivity contribution < 1.29 is 9.53 Å². The number of Topliss-reactive ketones (excluding diaryl/α,β-unsaturated/α-hetero) is 1. The van der Waals surface area contributed by atoms with Crippen molar-refractivity contribution in [3.05, 3.63) is 65.7 Å². The highest BCUT2D eigenvalue weighted by Crippen LogP contribution is 2.15. The van der Waals surface area contributed by atoms with Crippen LogP contribution in [0.3, 0.4) is 0 Å². The predicted octanol–water partition coefficient (Wildman–Crippen LogP) is 4.42. The molecule has 0 amide bonds. The minimum Gasteiger partial charge on any atom is -0.494 e. The number of hydrogen-bond donors (Lipinski definition) is 0. The summed E-state index contributed by atoms with van der Waals surface area (Å²) < 4.78 is 5.65. The molecule has 0 atom stereocenters. The Labute approximate surface area is 126 Å². The minimum absolute atomic E-state index is 0.303. The summed E-state index contributed by atoms with van der Waals surface area (Å²) >= 11 is 0. The summed E-state index contributed by atoms with van der Waals surface area (Å²) in [5.74, 6) is 1.17. The van der Waals surface area contributed by atoms with Crippen molar-refractivity contribution in [3.63, 3.8) is 0 Å². The molecule has 0 spiro atoms. The maximum atomic E-state index is 11.2. The van der Waals surface area contributed by atoms with E-state index in [2.05, 4.69) is 36.4 Å². The molecule has 21 heavy (non-hydrogen) atoms. The largest absolute Gasteiger partial charge is 0.494 e. The average Bonchev–Trinajstić information content (AvgIpc) is 2.54. The number of ketones is 1. The SMILES string of the molecule is CCC(=O)CCCOc1ccc(Cc2ccccc2)cc1. The number of rotatable bonds is 8. The summed E-state index contributed by atoms with van der Waals surface area (Å²) in [5, 5.41) is 0. The Kier molecular flexibility index (Phi) is 6.01. The van der Waals surface area contributed by atoms with Gasteiger partial charge in [0.15, 0.2) is 0 Å². The zero-order chi connectivity index (χ0) is 14.9. The van der Waals surface area contributed by atoms with Gasteiger partial charge in [-0.05, 0) is 36.1 Å².